The summed E-state index contributed by atoms with van der Waals surface area (Å²) < 4.78 is 0. The van der Waals surface area contributed by atoms with Crippen molar-refractivity contribution in [3.8, 4) is 22.3 Å². The molecule has 0 heteroatoms. The monoisotopic (exact) mass is 624 g/mol. The Kier molecular flexibility index (Phi) is 7.10. The summed E-state index contributed by atoms with van der Waals surface area (Å²) >= 11 is 0. The molecule has 2 atom stereocenters. The number of aryl methyl sites for hydroxylation is 1. The number of rotatable bonds is 5. The summed E-state index contributed by atoms with van der Waals surface area (Å²) in [6.45, 7) is 6.13. The topological polar surface area (TPSA) is 0 Å². The van der Waals surface area contributed by atoms with E-state index < -0.39 is 0 Å². The molecule has 2 unspecified atom stereocenters. The number of hydrogen-bond acceptors (Lipinski definition) is 0. The van der Waals surface area contributed by atoms with E-state index in [4.69, 9.17) is 0 Å². The first-order valence-electron chi connectivity index (χ1n) is 17.2. The van der Waals surface area contributed by atoms with Crippen molar-refractivity contribution in [3.63, 3.8) is 0 Å². The molecule has 2 aliphatic rings. The van der Waals surface area contributed by atoms with E-state index in [1.54, 1.807) is 0 Å². The van der Waals surface area contributed by atoms with Gasteiger partial charge < -0.3 is 0 Å². The predicted molar refractivity (Wildman–Crippen MR) is 210 cm³/mol. The van der Waals surface area contributed by atoms with Gasteiger partial charge >= 0.3 is 0 Å². The fourth-order valence-electron chi connectivity index (χ4n) is 8.05. The number of benzene rings is 7. The van der Waals surface area contributed by atoms with E-state index in [0.717, 1.165) is 0 Å². The maximum absolute atomic E-state index is 4.00. The van der Waals surface area contributed by atoms with Crippen molar-refractivity contribution in [2.45, 2.75) is 12.8 Å². The molecule has 0 N–H and O–H groups in total. The molecule has 2 aliphatic carbocycles. The molecule has 0 saturated heterocycles. The van der Waals surface area contributed by atoms with Crippen LogP contribution in [0.3, 0.4) is 0 Å². The molecule has 0 bridgehead atoms. The second-order valence-electron chi connectivity index (χ2n) is 13.4. The van der Waals surface area contributed by atoms with Crippen molar-refractivity contribution >= 4 is 33.2 Å². The van der Waals surface area contributed by atoms with E-state index in [0.29, 0.717) is 0 Å². The van der Waals surface area contributed by atoms with Crippen LogP contribution in [-0.4, -0.2) is 0 Å². The van der Waals surface area contributed by atoms with Gasteiger partial charge in [-0.25, -0.2) is 0 Å². The Balaban J connectivity index is 1.11. The van der Waals surface area contributed by atoms with Gasteiger partial charge in [-0.3, -0.25) is 0 Å². The van der Waals surface area contributed by atoms with Crippen LogP contribution in [0.4, 0.5) is 0 Å². The highest BCUT2D eigenvalue weighted by Crippen LogP contribution is 2.50. The van der Waals surface area contributed by atoms with Crippen LogP contribution in [0.1, 0.15) is 39.3 Å². The molecule has 9 rings (SSSR count). The first-order chi connectivity index (χ1) is 24.1. The molecular formula is C49H36. The molecule has 0 fully saturated rings. The van der Waals surface area contributed by atoms with Crippen molar-refractivity contribution in [3.05, 3.63) is 215 Å². The largest absolute Gasteiger partial charge is 0.0985 e. The van der Waals surface area contributed by atoms with E-state index in [1.807, 2.05) is 6.08 Å². The molecule has 0 spiro atoms. The summed E-state index contributed by atoms with van der Waals surface area (Å²) in [4.78, 5) is 0. The molecular weight excluding hydrogens is 589 g/mol. The Morgan fingerprint density at radius 3 is 1.98 bits per heavy atom. The van der Waals surface area contributed by atoms with Gasteiger partial charge in [0.2, 0.25) is 0 Å². The Morgan fingerprint density at radius 2 is 1.16 bits per heavy atom. The van der Waals surface area contributed by atoms with Gasteiger partial charge in [0.1, 0.15) is 0 Å². The normalized spacial score (nSPS) is 16.5. The van der Waals surface area contributed by atoms with Crippen LogP contribution in [-0.2, 0) is 0 Å². The lowest BCUT2D eigenvalue weighted by Gasteiger charge is -2.37. The van der Waals surface area contributed by atoms with Crippen LogP contribution in [0.15, 0.2) is 182 Å². The highest BCUT2D eigenvalue weighted by atomic mass is 14.4. The van der Waals surface area contributed by atoms with Crippen LogP contribution < -0.4 is 0 Å². The van der Waals surface area contributed by atoms with Gasteiger partial charge in [0.15, 0.2) is 0 Å². The Labute approximate surface area is 288 Å². The number of hydrogen-bond donors (Lipinski definition) is 0. The SMILES string of the molecule is C=Cc1cc(-c2ccc3cc(-c4cccc(C5c6ccccc6C(c6ccc7ccccc7c6)=C6C=CC=CC65)c4)ccc3c2)ccc1C. The second kappa shape index (κ2) is 11.9. The number of allylic oxidation sites excluding steroid dienone is 5. The van der Waals surface area contributed by atoms with Gasteiger partial charge in [-0.1, -0.05) is 158 Å². The van der Waals surface area contributed by atoms with E-state index in [1.165, 1.54) is 88.3 Å². The summed E-state index contributed by atoms with van der Waals surface area (Å²) in [5.41, 5.74) is 15.4. The second-order valence-corrected chi connectivity index (χ2v) is 13.4. The molecule has 7 aromatic rings. The Morgan fingerprint density at radius 1 is 0.531 bits per heavy atom. The summed E-state index contributed by atoms with van der Waals surface area (Å²) in [6.07, 6.45) is 11.1. The predicted octanol–water partition coefficient (Wildman–Crippen LogP) is 13.0. The fraction of sp³-hybridized carbons (Fsp3) is 0.0612. The molecule has 0 aliphatic heterocycles. The molecule has 0 saturated carbocycles. The maximum atomic E-state index is 4.00. The quantitative estimate of drug-likeness (QED) is 0.179. The van der Waals surface area contributed by atoms with Gasteiger partial charge in [-0.15, -0.1) is 0 Å². The van der Waals surface area contributed by atoms with E-state index in [2.05, 4.69) is 183 Å². The standard InChI is InChI=1S/C49H36/c1-3-33-27-37(20-19-32(33)2)39-24-25-40-28-38(22-23-41(40)29-39)36-13-10-14-42(31-36)48-44-15-6-8-17-46(44)49(47-18-9-7-16-45(47)48)43-26-21-34-11-4-5-12-35(34)30-43/h3-31,44,48H,1H2,2H3. The van der Waals surface area contributed by atoms with Crippen LogP contribution in [0, 0.1) is 12.8 Å². The van der Waals surface area contributed by atoms with Gasteiger partial charge in [-0.05, 0) is 120 Å². The third-order valence-electron chi connectivity index (χ3n) is 10.6. The molecule has 0 radical (unpaired) electrons. The summed E-state index contributed by atoms with van der Waals surface area (Å²) in [6, 6.07) is 54.2. The minimum Gasteiger partial charge on any atom is -0.0985 e. The van der Waals surface area contributed by atoms with Gasteiger partial charge in [0, 0.05) is 11.8 Å². The van der Waals surface area contributed by atoms with Crippen molar-refractivity contribution in [2.75, 3.05) is 0 Å². The lowest BCUT2D eigenvalue weighted by atomic mass is 9.66. The molecule has 0 aromatic heterocycles. The average Bonchev–Trinajstić information content (AvgIpc) is 3.16. The number of fused-ring (bicyclic) bond motifs is 4. The zero-order valence-electron chi connectivity index (χ0n) is 27.6. The zero-order chi connectivity index (χ0) is 32.9. The van der Waals surface area contributed by atoms with Crippen molar-refractivity contribution in [1.82, 2.24) is 0 Å². The summed E-state index contributed by atoms with van der Waals surface area (Å²) in [7, 11) is 0. The molecule has 232 valence electrons. The highest BCUT2D eigenvalue weighted by Gasteiger charge is 2.35. The fourth-order valence-corrected chi connectivity index (χ4v) is 8.05. The third-order valence-corrected chi connectivity index (χ3v) is 10.6. The minimum atomic E-state index is 0.217. The molecule has 0 amide bonds. The Bertz CT molecular complexity index is 2530. The molecule has 0 heterocycles. The molecule has 7 aromatic carbocycles. The molecule has 49 heavy (non-hydrogen) atoms. The lowest BCUT2D eigenvalue weighted by Crippen LogP contribution is -2.22. The minimum absolute atomic E-state index is 0.217. The van der Waals surface area contributed by atoms with Crippen molar-refractivity contribution in [2.24, 2.45) is 5.92 Å². The van der Waals surface area contributed by atoms with E-state index in [9.17, 15) is 0 Å². The highest BCUT2D eigenvalue weighted by molar-refractivity contribution is 5.94. The Hall–Kier alpha value is -5.98. The van der Waals surface area contributed by atoms with Crippen LogP contribution in [0.5, 0.6) is 0 Å². The smallest absolute Gasteiger partial charge is 0.0199 e. The first-order valence-corrected chi connectivity index (χ1v) is 17.2. The summed E-state index contributed by atoms with van der Waals surface area (Å²) in [5.74, 6) is 0.463. The zero-order valence-corrected chi connectivity index (χ0v) is 27.6. The summed E-state index contributed by atoms with van der Waals surface area (Å²) in [5, 5.41) is 5.04. The van der Waals surface area contributed by atoms with Crippen molar-refractivity contribution in [1.29, 1.82) is 0 Å². The molecule has 0 nitrogen and oxygen atoms in total. The van der Waals surface area contributed by atoms with Gasteiger partial charge in [0.25, 0.3) is 0 Å². The first kappa shape index (κ1) is 29.2. The van der Waals surface area contributed by atoms with Crippen LogP contribution in [0.25, 0.3) is 55.4 Å². The average molecular weight is 625 g/mol. The lowest BCUT2D eigenvalue weighted by molar-refractivity contribution is 0.649. The third kappa shape index (κ3) is 5.09. The van der Waals surface area contributed by atoms with Crippen molar-refractivity contribution < 1.29 is 0 Å². The maximum Gasteiger partial charge on any atom is 0.0199 e. The van der Waals surface area contributed by atoms with E-state index in [-0.39, 0.29) is 11.8 Å². The van der Waals surface area contributed by atoms with Gasteiger partial charge in [0.05, 0.1) is 0 Å². The van der Waals surface area contributed by atoms with Gasteiger partial charge in [-0.2, -0.15) is 0 Å². The van der Waals surface area contributed by atoms with Crippen LogP contribution in [0.2, 0.25) is 0 Å². The van der Waals surface area contributed by atoms with E-state index >= 15 is 0 Å². The van der Waals surface area contributed by atoms with Crippen LogP contribution >= 0.6 is 0 Å².